The van der Waals surface area contributed by atoms with Crippen molar-refractivity contribution in [3.8, 4) is 0 Å². The Balaban J connectivity index is 2.19. The van der Waals surface area contributed by atoms with Crippen LogP contribution in [0.2, 0.25) is 0 Å². The van der Waals surface area contributed by atoms with Crippen molar-refractivity contribution < 1.29 is 0 Å². The number of rotatable bonds is 1. The highest BCUT2D eigenvalue weighted by Gasteiger charge is 2.23. The van der Waals surface area contributed by atoms with Crippen LogP contribution in [0, 0.1) is 0 Å². The Kier molecular flexibility index (Phi) is 2.46. The van der Waals surface area contributed by atoms with E-state index in [9.17, 15) is 0 Å². The summed E-state index contributed by atoms with van der Waals surface area (Å²) in [5, 5.41) is 3.40. The number of hydrogen-bond donors (Lipinski definition) is 1. The Hall–Kier alpha value is -1.25. The van der Waals surface area contributed by atoms with Crippen LogP contribution >= 0.6 is 11.8 Å². The van der Waals surface area contributed by atoms with Gasteiger partial charge in [0.05, 0.1) is 6.04 Å². The first kappa shape index (κ1) is 9.94. The molecule has 1 aliphatic rings. The summed E-state index contributed by atoms with van der Waals surface area (Å²) in [6.45, 7) is 0. The number of fused-ring (bicyclic) bond motifs is 2. The van der Waals surface area contributed by atoms with Gasteiger partial charge in [0.2, 0.25) is 0 Å². The maximum Gasteiger partial charge on any atom is 0.0596 e. The molecule has 16 heavy (non-hydrogen) atoms. The second-order valence-corrected chi connectivity index (χ2v) is 4.98. The normalized spacial score (nSPS) is 14.3. The lowest BCUT2D eigenvalue weighted by Crippen LogP contribution is -2.21. The molecule has 3 rings (SSSR count). The second-order valence-electron chi connectivity index (χ2n) is 3.90. The number of hydrogen-bond acceptors (Lipinski definition) is 2. The first-order chi connectivity index (χ1) is 7.90. The molecule has 2 heteroatoms. The first-order valence-electron chi connectivity index (χ1n) is 5.43. The Morgan fingerprint density at radius 1 is 0.875 bits per heavy atom. The molecule has 1 heterocycles. The Morgan fingerprint density at radius 3 is 1.88 bits per heavy atom. The van der Waals surface area contributed by atoms with Crippen LogP contribution in [0.3, 0.4) is 0 Å². The van der Waals surface area contributed by atoms with Crippen molar-refractivity contribution in [3.05, 3.63) is 59.7 Å². The van der Waals surface area contributed by atoms with Gasteiger partial charge in [-0.15, -0.1) is 0 Å². The Morgan fingerprint density at radius 2 is 1.38 bits per heavy atom. The average Bonchev–Trinajstić information content (AvgIpc) is 2.36. The zero-order valence-electron chi connectivity index (χ0n) is 9.10. The quantitative estimate of drug-likeness (QED) is 0.800. The molecule has 0 bridgehead atoms. The van der Waals surface area contributed by atoms with E-state index >= 15 is 0 Å². The molecular weight excluding hydrogens is 214 g/mol. The van der Waals surface area contributed by atoms with Gasteiger partial charge in [0, 0.05) is 9.79 Å². The van der Waals surface area contributed by atoms with E-state index in [1.165, 1.54) is 20.9 Å². The predicted octanol–water partition coefficient (Wildman–Crippen LogP) is 3.46. The van der Waals surface area contributed by atoms with Crippen LogP contribution in [0.1, 0.15) is 17.2 Å². The summed E-state index contributed by atoms with van der Waals surface area (Å²) in [5.41, 5.74) is 2.77. The lowest BCUT2D eigenvalue weighted by atomic mass is 9.98. The van der Waals surface area contributed by atoms with E-state index in [2.05, 4.69) is 53.8 Å². The first-order valence-corrected chi connectivity index (χ1v) is 6.25. The third-order valence-corrected chi connectivity index (χ3v) is 4.15. The van der Waals surface area contributed by atoms with Crippen molar-refractivity contribution in [1.29, 1.82) is 0 Å². The highest BCUT2D eigenvalue weighted by Crippen LogP contribution is 2.44. The molecule has 1 nitrogen and oxygen atoms in total. The lowest BCUT2D eigenvalue weighted by molar-refractivity contribution is 0.663. The highest BCUT2D eigenvalue weighted by atomic mass is 32.2. The third kappa shape index (κ3) is 1.46. The number of nitrogens with one attached hydrogen (secondary N) is 1. The minimum atomic E-state index is 0.327. The molecule has 0 amide bonds. The van der Waals surface area contributed by atoms with E-state index in [-0.39, 0.29) is 0 Å². The Bertz CT molecular complexity index is 476. The molecule has 0 spiro atoms. The molecule has 0 unspecified atom stereocenters. The molecule has 0 atom stereocenters. The van der Waals surface area contributed by atoms with Crippen LogP contribution in [0.5, 0.6) is 0 Å². The van der Waals surface area contributed by atoms with Crippen LogP contribution < -0.4 is 5.32 Å². The van der Waals surface area contributed by atoms with Gasteiger partial charge in [-0.1, -0.05) is 48.2 Å². The molecule has 0 fully saturated rings. The van der Waals surface area contributed by atoms with E-state index in [0.717, 1.165) is 0 Å². The maximum absolute atomic E-state index is 3.40. The molecule has 0 saturated heterocycles. The van der Waals surface area contributed by atoms with Crippen molar-refractivity contribution in [2.24, 2.45) is 0 Å². The SMILES string of the molecule is CNC1c2ccccc2Sc2ccccc21. The van der Waals surface area contributed by atoms with Gasteiger partial charge >= 0.3 is 0 Å². The fraction of sp³-hybridized carbons (Fsp3) is 0.143. The zero-order chi connectivity index (χ0) is 11.0. The molecule has 0 aliphatic carbocycles. The summed E-state index contributed by atoms with van der Waals surface area (Å²) in [6.07, 6.45) is 0. The van der Waals surface area contributed by atoms with Gasteiger partial charge in [-0.25, -0.2) is 0 Å². The molecule has 1 aliphatic heterocycles. The summed E-state index contributed by atoms with van der Waals surface area (Å²) < 4.78 is 0. The van der Waals surface area contributed by atoms with E-state index in [0.29, 0.717) is 6.04 Å². The van der Waals surface area contributed by atoms with Gasteiger partial charge in [0.25, 0.3) is 0 Å². The smallest absolute Gasteiger partial charge is 0.0596 e. The van der Waals surface area contributed by atoms with Crippen molar-refractivity contribution in [2.75, 3.05) is 7.05 Å². The van der Waals surface area contributed by atoms with Crippen LogP contribution in [-0.2, 0) is 0 Å². The summed E-state index contributed by atoms with van der Waals surface area (Å²) in [7, 11) is 2.02. The third-order valence-electron chi connectivity index (χ3n) is 2.97. The minimum Gasteiger partial charge on any atom is -0.309 e. The minimum absolute atomic E-state index is 0.327. The fourth-order valence-corrected chi connectivity index (χ4v) is 3.36. The molecule has 80 valence electrons. The van der Waals surface area contributed by atoms with E-state index < -0.39 is 0 Å². The summed E-state index contributed by atoms with van der Waals surface area (Å²) in [5.74, 6) is 0. The zero-order valence-corrected chi connectivity index (χ0v) is 9.92. The Labute approximate surface area is 99.9 Å². The van der Waals surface area contributed by atoms with E-state index in [1.807, 2.05) is 18.8 Å². The van der Waals surface area contributed by atoms with Crippen LogP contribution in [0.25, 0.3) is 0 Å². The monoisotopic (exact) mass is 227 g/mol. The van der Waals surface area contributed by atoms with Gasteiger partial charge in [-0.05, 0) is 30.3 Å². The van der Waals surface area contributed by atoms with Gasteiger partial charge in [-0.2, -0.15) is 0 Å². The van der Waals surface area contributed by atoms with Crippen LogP contribution in [-0.4, -0.2) is 7.05 Å². The van der Waals surface area contributed by atoms with Gasteiger partial charge < -0.3 is 5.32 Å². The lowest BCUT2D eigenvalue weighted by Gasteiger charge is -2.27. The molecule has 2 aromatic rings. The van der Waals surface area contributed by atoms with Gasteiger partial charge in [0.15, 0.2) is 0 Å². The van der Waals surface area contributed by atoms with Crippen molar-refractivity contribution >= 4 is 11.8 Å². The molecule has 0 radical (unpaired) electrons. The van der Waals surface area contributed by atoms with Crippen LogP contribution in [0.15, 0.2) is 58.3 Å². The summed E-state index contributed by atoms with van der Waals surface area (Å²) >= 11 is 1.86. The van der Waals surface area contributed by atoms with Crippen molar-refractivity contribution in [2.45, 2.75) is 15.8 Å². The topological polar surface area (TPSA) is 12.0 Å². The van der Waals surface area contributed by atoms with Crippen molar-refractivity contribution in [1.82, 2.24) is 5.32 Å². The second kappa shape index (κ2) is 3.96. The number of benzene rings is 2. The molecule has 2 aromatic carbocycles. The molecule has 1 N–H and O–H groups in total. The van der Waals surface area contributed by atoms with E-state index in [1.54, 1.807) is 0 Å². The molecule has 0 saturated carbocycles. The van der Waals surface area contributed by atoms with Crippen LogP contribution in [0.4, 0.5) is 0 Å². The summed E-state index contributed by atoms with van der Waals surface area (Å²) in [6, 6.07) is 17.6. The summed E-state index contributed by atoms with van der Waals surface area (Å²) in [4.78, 5) is 2.72. The van der Waals surface area contributed by atoms with Gasteiger partial charge in [-0.3, -0.25) is 0 Å². The maximum atomic E-state index is 3.40. The highest BCUT2D eigenvalue weighted by molar-refractivity contribution is 7.99. The standard InChI is InChI=1S/C14H13NS/c1-15-14-10-6-2-4-8-12(10)16-13-9-5-3-7-11(13)14/h2-9,14-15H,1H3. The average molecular weight is 227 g/mol. The molecule has 0 aromatic heterocycles. The molecular formula is C14H13NS. The van der Waals surface area contributed by atoms with E-state index in [4.69, 9.17) is 0 Å². The van der Waals surface area contributed by atoms with Gasteiger partial charge in [0.1, 0.15) is 0 Å². The van der Waals surface area contributed by atoms with Crippen molar-refractivity contribution in [3.63, 3.8) is 0 Å². The fourth-order valence-electron chi connectivity index (χ4n) is 2.22. The largest absolute Gasteiger partial charge is 0.309 e. The predicted molar refractivity (Wildman–Crippen MR) is 67.9 cm³/mol.